The van der Waals surface area contributed by atoms with Crippen LogP contribution < -0.4 is 9.47 Å². The topological polar surface area (TPSA) is 68.3 Å². The van der Waals surface area contributed by atoms with Crippen LogP contribution in [0.4, 0.5) is 9.59 Å². The van der Waals surface area contributed by atoms with Crippen LogP contribution in [0.15, 0.2) is 18.2 Å². The number of fused-ring (bicyclic) bond motifs is 1. The molecule has 0 fully saturated rings. The summed E-state index contributed by atoms with van der Waals surface area (Å²) in [5.74, 6) is 0.977. The number of rotatable bonds is 10. The van der Waals surface area contributed by atoms with E-state index in [4.69, 9.17) is 14.2 Å². The number of carbonyl (C=O) groups is 2. The second kappa shape index (κ2) is 11.3. The fourth-order valence-corrected chi connectivity index (χ4v) is 3.80. The Kier molecular flexibility index (Phi) is 9.14. The Morgan fingerprint density at radius 1 is 1.07 bits per heavy atom. The molecule has 0 spiro atoms. The number of amides is 2. The number of para-hydroxylation sites is 1. The van der Waals surface area contributed by atoms with Gasteiger partial charge in [0, 0.05) is 26.1 Å². The lowest BCUT2D eigenvalue weighted by Gasteiger charge is -2.22. The molecule has 0 atom stereocenters. The van der Waals surface area contributed by atoms with Crippen molar-refractivity contribution in [2.75, 3.05) is 20.7 Å². The Hall–Kier alpha value is -2.09. The number of carbonyl (C=O) groups excluding carboxylic acids is 2. The number of unbranched alkanes of at least 4 members (excludes halogenated alkanes) is 5. The van der Waals surface area contributed by atoms with Gasteiger partial charge in [-0.15, -0.1) is 0 Å². The summed E-state index contributed by atoms with van der Waals surface area (Å²) in [6.07, 6.45) is 6.41. The van der Waals surface area contributed by atoms with Gasteiger partial charge in [-0.05, 0) is 26.3 Å². The lowest BCUT2D eigenvalue weighted by atomic mass is 10.0. The fourth-order valence-electron chi connectivity index (χ4n) is 3.21. The van der Waals surface area contributed by atoms with Crippen molar-refractivity contribution in [3.63, 3.8) is 0 Å². The van der Waals surface area contributed by atoms with E-state index < -0.39 is 12.2 Å². The van der Waals surface area contributed by atoms with Crippen molar-refractivity contribution < 1.29 is 23.8 Å². The quantitative estimate of drug-likeness (QED) is 0.338. The molecule has 0 aromatic heterocycles. The molecule has 1 aliphatic rings. The third kappa shape index (κ3) is 7.31. The highest BCUT2D eigenvalue weighted by Crippen LogP contribution is 2.42. The third-order valence-corrected chi connectivity index (χ3v) is 5.52. The Balaban J connectivity index is 1.75. The van der Waals surface area contributed by atoms with E-state index in [2.05, 4.69) is 6.92 Å². The van der Waals surface area contributed by atoms with Crippen LogP contribution in [0, 0.1) is 0 Å². The molecule has 7 nitrogen and oxygen atoms in total. The van der Waals surface area contributed by atoms with Gasteiger partial charge in [-0.1, -0.05) is 51.2 Å². The summed E-state index contributed by atoms with van der Waals surface area (Å²) >= 11 is 0.920. The van der Waals surface area contributed by atoms with E-state index in [0.29, 0.717) is 18.1 Å². The van der Waals surface area contributed by atoms with Crippen molar-refractivity contribution in [2.45, 2.75) is 71.3 Å². The van der Waals surface area contributed by atoms with Crippen molar-refractivity contribution in [1.29, 1.82) is 0 Å². The molecule has 0 saturated heterocycles. The summed E-state index contributed by atoms with van der Waals surface area (Å²) < 4.78 is 19.2. The zero-order valence-corrected chi connectivity index (χ0v) is 19.5. The van der Waals surface area contributed by atoms with Crippen molar-refractivity contribution in [2.24, 2.45) is 0 Å². The molecule has 0 N–H and O–H groups in total. The van der Waals surface area contributed by atoms with Crippen LogP contribution in [-0.2, 0) is 11.2 Å². The predicted molar refractivity (Wildman–Crippen MR) is 119 cm³/mol. The molecule has 1 heterocycles. The number of ether oxygens (including phenoxy) is 3. The van der Waals surface area contributed by atoms with E-state index in [1.54, 1.807) is 20.2 Å². The summed E-state index contributed by atoms with van der Waals surface area (Å²) in [6.45, 7) is 6.55. The average Bonchev–Trinajstić information content (AvgIpc) is 3.01. The SMILES string of the molecule is CCCCCCCCOC(=O)N(C)SN(C)C(=O)Oc1cccc2c1OC(C)(C)C2. The van der Waals surface area contributed by atoms with Gasteiger partial charge in [-0.2, -0.15) is 0 Å². The van der Waals surface area contributed by atoms with Gasteiger partial charge in [0.05, 0.1) is 18.7 Å². The molecular formula is C22H34N2O5S. The largest absolute Gasteiger partial charge is 0.483 e. The van der Waals surface area contributed by atoms with Crippen LogP contribution in [-0.4, -0.2) is 47.1 Å². The number of benzene rings is 1. The smallest absolute Gasteiger partial charge is 0.426 e. The van der Waals surface area contributed by atoms with E-state index in [-0.39, 0.29) is 5.60 Å². The van der Waals surface area contributed by atoms with Gasteiger partial charge < -0.3 is 14.2 Å². The molecule has 0 saturated carbocycles. The highest BCUT2D eigenvalue weighted by atomic mass is 32.2. The molecule has 1 aromatic rings. The maximum absolute atomic E-state index is 12.5. The number of hydrogen-bond donors (Lipinski definition) is 0. The second-order valence-corrected chi connectivity index (χ2v) is 9.37. The van der Waals surface area contributed by atoms with Crippen molar-refractivity contribution >= 4 is 24.3 Å². The summed E-state index contributed by atoms with van der Waals surface area (Å²) in [5, 5.41) is 0. The Morgan fingerprint density at radius 2 is 1.73 bits per heavy atom. The first-order valence-corrected chi connectivity index (χ1v) is 11.3. The maximum Gasteiger partial charge on any atom is 0.426 e. The molecule has 0 bridgehead atoms. The molecule has 0 unspecified atom stereocenters. The van der Waals surface area contributed by atoms with Crippen LogP contribution in [0.25, 0.3) is 0 Å². The summed E-state index contributed by atoms with van der Waals surface area (Å²) in [4.78, 5) is 24.6. The van der Waals surface area contributed by atoms with E-state index in [0.717, 1.165) is 43.4 Å². The van der Waals surface area contributed by atoms with Crippen molar-refractivity contribution in [3.8, 4) is 11.5 Å². The fraction of sp³-hybridized carbons (Fsp3) is 0.636. The third-order valence-electron chi connectivity index (χ3n) is 4.73. The van der Waals surface area contributed by atoms with E-state index in [1.807, 2.05) is 26.0 Å². The molecule has 2 amide bonds. The Morgan fingerprint density at radius 3 is 2.47 bits per heavy atom. The minimum Gasteiger partial charge on any atom is -0.483 e. The van der Waals surface area contributed by atoms with Crippen LogP contribution in [0.2, 0.25) is 0 Å². The van der Waals surface area contributed by atoms with Crippen LogP contribution in [0.1, 0.15) is 64.9 Å². The van der Waals surface area contributed by atoms with Crippen molar-refractivity contribution in [1.82, 2.24) is 8.61 Å². The predicted octanol–water partition coefficient (Wildman–Crippen LogP) is 5.82. The number of nitrogens with zero attached hydrogens (tertiary/aromatic N) is 2. The molecule has 2 rings (SSSR count). The van der Waals surface area contributed by atoms with Gasteiger partial charge in [-0.25, -0.2) is 18.2 Å². The molecule has 168 valence electrons. The van der Waals surface area contributed by atoms with Crippen LogP contribution in [0.5, 0.6) is 11.5 Å². The monoisotopic (exact) mass is 438 g/mol. The van der Waals surface area contributed by atoms with Crippen LogP contribution >= 0.6 is 12.1 Å². The summed E-state index contributed by atoms with van der Waals surface area (Å²) in [5.41, 5.74) is 0.682. The highest BCUT2D eigenvalue weighted by Gasteiger charge is 2.33. The molecule has 8 heteroatoms. The van der Waals surface area contributed by atoms with Crippen LogP contribution in [0.3, 0.4) is 0 Å². The first-order valence-electron chi connectivity index (χ1n) is 10.6. The van der Waals surface area contributed by atoms with E-state index in [9.17, 15) is 9.59 Å². The lowest BCUT2D eigenvalue weighted by molar-refractivity contribution is 0.128. The average molecular weight is 439 g/mol. The standard InChI is InChI=1S/C22H34N2O5S/c1-6-7-8-9-10-11-15-27-20(25)23(4)30-24(5)21(26)28-18-14-12-13-17-16-22(2,3)29-19(17)18/h12-14H,6-11,15-16H2,1-5H3. The lowest BCUT2D eigenvalue weighted by Crippen LogP contribution is -2.31. The molecule has 1 aliphatic heterocycles. The maximum atomic E-state index is 12.5. The minimum absolute atomic E-state index is 0.328. The zero-order chi connectivity index (χ0) is 22.1. The molecular weight excluding hydrogens is 404 g/mol. The molecule has 0 radical (unpaired) electrons. The van der Waals surface area contributed by atoms with E-state index in [1.165, 1.54) is 27.9 Å². The van der Waals surface area contributed by atoms with Gasteiger partial charge in [0.25, 0.3) is 0 Å². The van der Waals surface area contributed by atoms with E-state index >= 15 is 0 Å². The summed E-state index contributed by atoms with van der Waals surface area (Å²) in [6, 6.07) is 5.51. The minimum atomic E-state index is -0.600. The summed E-state index contributed by atoms with van der Waals surface area (Å²) in [7, 11) is 3.10. The van der Waals surface area contributed by atoms with Gasteiger partial charge in [0.2, 0.25) is 0 Å². The molecule has 1 aromatic carbocycles. The molecule has 0 aliphatic carbocycles. The second-order valence-electron chi connectivity index (χ2n) is 8.11. The van der Waals surface area contributed by atoms with Gasteiger partial charge >= 0.3 is 12.2 Å². The van der Waals surface area contributed by atoms with Gasteiger partial charge in [0.15, 0.2) is 11.5 Å². The number of hydrogen-bond acceptors (Lipinski definition) is 6. The molecule has 30 heavy (non-hydrogen) atoms. The van der Waals surface area contributed by atoms with Gasteiger partial charge in [-0.3, -0.25) is 0 Å². The Bertz CT molecular complexity index is 725. The highest BCUT2D eigenvalue weighted by molar-refractivity contribution is 7.95. The van der Waals surface area contributed by atoms with Gasteiger partial charge in [0.1, 0.15) is 5.60 Å². The van der Waals surface area contributed by atoms with Crippen molar-refractivity contribution in [3.05, 3.63) is 23.8 Å². The zero-order valence-electron chi connectivity index (χ0n) is 18.7. The first-order chi connectivity index (χ1) is 14.2. The Labute approximate surface area is 184 Å². The first kappa shape index (κ1) is 24.2. The normalized spacial score (nSPS) is 13.9.